The minimum atomic E-state index is -0.0165. The van der Waals surface area contributed by atoms with Gasteiger partial charge in [-0.3, -0.25) is 5.41 Å². The van der Waals surface area contributed by atoms with Crippen molar-refractivity contribution in [2.24, 2.45) is 5.73 Å². The number of halogens is 1. The Balaban J connectivity index is 0.00000256. The molecule has 5 heteroatoms. The van der Waals surface area contributed by atoms with Gasteiger partial charge in [0.05, 0.1) is 18.8 Å². The number of rotatable bonds is 5. The summed E-state index contributed by atoms with van der Waals surface area (Å²) in [4.78, 5) is 0. The number of hydrogen-bond acceptors (Lipinski definition) is 3. The molecular formula is C12H19ClN2O2. The second kappa shape index (κ2) is 7.01. The van der Waals surface area contributed by atoms with Crippen LogP contribution in [0.2, 0.25) is 0 Å². The molecule has 1 aromatic rings. The number of nitrogens with two attached hydrogens (primary N) is 1. The summed E-state index contributed by atoms with van der Waals surface area (Å²) < 4.78 is 10.9. The van der Waals surface area contributed by atoms with Crippen molar-refractivity contribution in [2.75, 3.05) is 7.11 Å². The summed E-state index contributed by atoms with van der Waals surface area (Å²) in [6.07, 6.45) is 0.949. The molecule has 0 aliphatic rings. The summed E-state index contributed by atoms with van der Waals surface area (Å²) >= 11 is 0. The molecule has 0 aliphatic carbocycles. The van der Waals surface area contributed by atoms with Crippen molar-refractivity contribution in [3.05, 3.63) is 23.8 Å². The second-order valence-corrected chi connectivity index (χ2v) is 3.59. The Kier molecular flexibility index (Phi) is 6.43. The monoisotopic (exact) mass is 258 g/mol. The first-order valence-corrected chi connectivity index (χ1v) is 5.28. The minimum Gasteiger partial charge on any atom is -0.493 e. The molecule has 0 amide bonds. The van der Waals surface area contributed by atoms with E-state index in [0.717, 1.165) is 6.42 Å². The van der Waals surface area contributed by atoms with Crippen LogP contribution in [0.5, 0.6) is 11.5 Å². The fraction of sp³-hybridized carbons (Fsp3) is 0.417. The van der Waals surface area contributed by atoms with E-state index >= 15 is 0 Å². The number of nitrogen functional groups attached to an aromatic ring is 1. The smallest absolute Gasteiger partial charge is 0.172 e. The first-order chi connectivity index (χ1) is 7.60. The molecule has 0 radical (unpaired) electrons. The first kappa shape index (κ1) is 15.6. The molecular weight excluding hydrogens is 240 g/mol. The van der Waals surface area contributed by atoms with Gasteiger partial charge in [-0.2, -0.15) is 0 Å². The summed E-state index contributed by atoms with van der Waals surface area (Å²) in [5, 5.41) is 7.49. The van der Waals surface area contributed by atoms with E-state index in [-0.39, 0.29) is 24.3 Å². The highest BCUT2D eigenvalue weighted by molar-refractivity contribution is 5.98. The predicted molar refractivity (Wildman–Crippen MR) is 71.6 cm³/mol. The maximum atomic E-state index is 7.49. The van der Waals surface area contributed by atoms with E-state index in [1.165, 1.54) is 0 Å². The van der Waals surface area contributed by atoms with Crippen LogP contribution in [0.3, 0.4) is 0 Å². The van der Waals surface area contributed by atoms with Crippen LogP contribution >= 0.6 is 12.4 Å². The van der Waals surface area contributed by atoms with Crippen LogP contribution < -0.4 is 15.2 Å². The van der Waals surface area contributed by atoms with Gasteiger partial charge in [0.1, 0.15) is 5.84 Å². The van der Waals surface area contributed by atoms with Crippen molar-refractivity contribution >= 4 is 18.2 Å². The number of benzene rings is 1. The molecule has 1 atom stereocenters. The number of amidine groups is 1. The molecule has 1 rings (SSSR count). The third-order valence-corrected chi connectivity index (χ3v) is 2.38. The van der Waals surface area contributed by atoms with Gasteiger partial charge in [0.15, 0.2) is 11.5 Å². The molecule has 3 N–H and O–H groups in total. The fourth-order valence-electron chi connectivity index (χ4n) is 1.29. The van der Waals surface area contributed by atoms with Crippen molar-refractivity contribution in [1.82, 2.24) is 0 Å². The average molecular weight is 259 g/mol. The van der Waals surface area contributed by atoms with Crippen LogP contribution in [-0.4, -0.2) is 19.0 Å². The molecule has 0 saturated carbocycles. The van der Waals surface area contributed by atoms with Crippen LogP contribution in [0.1, 0.15) is 25.8 Å². The molecule has 0 bridgehead atoms. The van der Waals surface area contributed by atoms with Crippen molar-refractivity contribution < 1.29 is 9.47 Å². The minimum absolute atomic E-state index is 0. The van der Waals surface area contributed by atoms with E-state index in [1.54, 1.807) is 25.3 Å². The Morgan fingerprint density at radius 3 is 2.59 bits per heavy atom. The number of nitrogens with one attached hydrogen (secondary N) is 1. The SMILES string of the molecule is CCC(C)Oc1c(OC)cccc1C(=N)N.Cl. The summed E-state index contributed by atoms with van der Waals surface area (Å²) in [7, 11) is 1.57. The Morgan fingerprint density at radius 2 is 2.12 bits per heavy atom. The molecule has 0 aromatic heterocycles. The molecule has 4 nitrogen and oxygen atoms in total. The molecule has 1 unspecified atom stereocenters. The maximum Gasteiger partial charge on any atom is 0.172 e. The van der Waals surface area contributed by atoms with Gasteiger partial charge in [-0.25, -0.2) is 0 Å². The third-order valence-electron chi connectivity index (χ3n) is 2.38. The van der Waals surface area contributed by atoms with Gasteiger partial charge in [0, 0.05) is 0 Å². The van der Waals surface area contributed by atoms with E-state index < -0.39 is 0 Å². The van der Waals surface area contributed by atoms with Crippen molar-refractivity contribution in [2.45, 2.75) is 26.4 Å². The summed E-state index contributed by atoms with van der Waals surface area (Å²) in [5.41, 5.74) is 6.07. The molecule has 0 spiro atoms. The molecule has 17 heavy (non-hydrogen) atoms. The molecule has 0 saturated heterocycles. The van der Waals surface area contributed by atoms with Crippen molar-refractivity contribution in [1.29, 1.82) is 5.41 Å². The highest BCUT2D eigenvalue weighted by atomic mass is 35.5. The lowest BCUT2D eigenvalue weighted by Gasteiger charge is -2.18. The summed E-state index contributed by atoms with van der Waals surface area (Å²) in [6.45, 7) is 4.00. The molecule has 0 aliphatic heterocycles. The van der Waals surface area contributed by atoms with E-state index in [0.29, 0.717) is 17.1 Å². The summed E-state index contributed by atoms with van der Waals surface area (Å²) in [6, 6.07) is 5.34. The Hall–Kier alpha value is -1.42. The molecule has 0 fully saturated rings. The van der Waals surface area contributed by atoms with Gasteiger partial charge in [0.25, 0.3) is 0 Å². The number of hydrogen-bond donors (Lipinski definition) is 2. The lowest BCUT2D eigenvalue weighted by molar-refractivity contribution is 0.207. The molecule has 96 valence electrons. The number of methoxy groups -OCH3 is 1. The quantitative estimate of drug-likeness (QED) is 0.630. The van der Waals surface area contributed by atoms with Crippen LogP contribution in [0.15, 0.2) is 18.2 Å². The zero-order chi connectivity index (χ0) is 12.1. The van der Waals surface area contributed by atoms with Crippen LogP contribution in [0.4, 0.5) is 0 Å². The van der Waals surface area contributed by atoms with Crippen molar-refractivity contribution in [3.8, 4) is 11.5 Å². The first-order valence-electron chi connectivity index (χ1n) is 5.28. The van der Waals surface area contributed by atoms with E-state index in [4.69, 9.17) is 20.6 Å². The number of para-hydroxylation sites is 1. The largest absolute Gasteiger partial charge is 0.493 e. The van der Waals surface area contributed by atoms with E-state index in [1.807, 2.05) is 13.8 Å². The van der Waals surface area contributed by atoms with Gasteiger partial charge >= 0.3 is 0 Å². The average Bonchev–Trinajstić information content (AvgIpc) is 2.28. The summed E-state index contributed by atoms with van der Waals surface area (Å²) in [5.74, 6) is 1.14. The Labute approximate surface area is 108 Å². The third kappa shape index (κ3) is 3.82. The lowest BCUT2D eigenvalue weighted by Crippen LogP contribution is -2.17. The Morgan fingerprint density at radius 1 is 1.47 bits per heavy atom. The zero-order valence-corrected chi connectivity index (χ0v) is 11.1. The topological polar surface area (TPSA) is 68.3 Å². The maximum absolute atomic E-state index is 7.49. The Bertz CT molecular complexity index is 383. The van der Waals surface area contributed by atoms with Gasteiger partial charge in [-0.15, -0.1) is 12.4 Å². The fourth-order valence-corrected chi connectivity index (χ4v) is 1.29. The zero-order valence-electron chi connectivity index (χ0n) is 10.3. The number of ether oxygens (including phenoxy) is 2. The highest BCUT2D eigenvalue weighted by Crippen LogP contribution is 2.31. The van der Waals surface area contributed by atoms with Gasteiger partial charge < -0.3 is 15.2 Å². The lowest BCUT2D eigenvalue weighted by atomic mass is 10.1. The van der Waals surface area contributed by atoms with Crippen LogP contribution in [0, 0.1) is 5.41 Å². The highest BCUT2D eigenvalue weighted by Gasteiger charge is 2.14. The van der Waals surface area contributed by atoms with Crippen LogP contribution in [-0.2, 0) is 0 Å². The van der Waals surface area contributed by atoms with Crippen molar-refractivity contribution in [3.63, 3.8) is 0 Å². The van der Waals surface area contributed by atoms with Gasteiger partial charge in [-0.1, -0.05) is 13.0 Å². The van der Waals surface area contributed by atoms with E-state index in [2.05, 4.69) is 0 Å². The molecule has 0 heterocycles. The van der Waals surface area contributed by atoms with Gasteiger partial charge in [0.2, 0.25) is 0 Å². The van der Waals surface area contributed by atoms with Crippen LogP contribution in [0.25, 0.3) is 0 Å². The normalized spacial score (nSPS) is 11.2. The standard InChI is InChI=1S/C12H18N2O2.ClH/c1-4-8(2)16-11-9(12(13)14)6-5-7-10(11)15-3;/h5-8H,4H2,1-3H3,(H3,13,14);1H. The molecule has 1 aromatic carbocycles. The van der Waals surface area contributed by atoms with Gasteiger partial charge in [-0.05, 0) is 25.5 Å². The van der Waals surface area contributed by atoms with E-state index in [9.17, 15) is 0 Å². The predicted octanol–water partition coefficient (Wildman–Crippen LogP) is 2.58. The second-order valence-electron chi connectivity index (χ2n) is 3.59.